The molecule has 3 heterocycles. The molecule has 1 aliphatic heterocycles. The lowest BCUT2D eigenvalue weighted by atomic mass is 10.0. The zero-order valence-corrected chi connectivity index (χ0v) is 16.0. The Morgan fingerprint density at radius 1 is 1.28 bits per heavy atom. The molecule has 0 radical (unpaired) electrons. The van der Waals surface area contributed by atoms with E-state index in [1.54, 1.807) is 0 Å². The minimum atomic E-state index is -0.303. The van der Waals surface area contributed by atoms with Crippen LogP contribution in [0.2, 0.25) is 5.02 Å². The molecule has 0 bridgehead atoms. The van der Waals surface area contributed by atoms with Crippen molar-refractivity contribution in [3.8, 4) is 0 Å². The SMILES string of the molecule is Cc1c(C(=O)OC(C)C)cc2c(Cl)ccn2c1C(C)N1CCOCC1. The van der Waals surface area contributed by atoms with E-state index in [4.69, 9.17) is 21.1 Å². The lowest BCUT2D eigenvalue weighted by molar-refractivity contribution is 0.0186. The molecule has 3 rings (SSSR count). The predicted octanol–water partition coefficient (Wildman–Crippen LogP) is 3.86. The minimum Gasteiger partial charge on any atom is -0.459 e. The number of carbonyl (C=O) groups excluding carboxylic acids is 1. The molecule has 6 heteroatoms. The summed E-state index contributed by atoms with van der Waals surface area (Å²) in [4.78, 5) is 15.0. The number of rotatable bonds is 4. The third-order valence-corrected chi connectivity index (χ3v) is 5.07. The third-order valence-electron chi connectivity index (χ3n) is 4.75. The zero-order chi connectivity index (χ0) is 18.1. The van der Waals surface area contributed by atoms with Gasteiger partial charge in [0.25, 0.3) is 0 Å². The molecule has 2 aromatic heterocycles. The summed E-state index contributed by atoms with van der Waals surface area (Å²) in [5, 5.41) is 0.633. The van der Waals surface area contributed by atoms with Crippen LogP contribution in [0.3, 0.4) is 0 Å². The van der Waals surface area contributed by atoms with E-state index in [0.717, 1.165) is 43.1 Å². The number of halogens is 1. The molecule has 0 N–H and O–H groups in total. The van der Waals surface area contributed by atoms with Crippen LogP contribution in [0.15, 0.2) is 18.3 Å². The molecule has 0 aliphatic carbocycles. The normalized spacial score (nSPS) is 17.2. The molecule has 136 valence electrons. The van der Waals surface area contributed by atoms with Crippen LogP contribution < -0.4 is 0 Å². The van der Waals surface area contributed by atoms with E-state index < -0.39 is 0 Å². The van der Waals surface area contributed by atoms with E-state index in [9.17, 15) is 4.79 Å². The maximum absolute atomic E-state index is 12.6. The lowest BCUT2D eigenvalue weighted by Crippen LogP contribution is -2.39. The first-order valence-electron chi connectivity index (χ1n) is 8.73. The quantitative estimate of drug-likeness (QED) is 0.773. The van der Waals surface area contributed by atoms with E-state index in [1.165, 1.54) is 0 Å². The van der Waals surface area contributed by atoms with E-state index in [-0.39, 0.29) is 18.1 Å². The van der Waals surface area contributed by atoms with Gasteiger partial charge in [0, 0.05) is 31.0 Å². The molecule has 1 saturated heterocycles. The number of aromatic nitrogens is 1. The van der Waals surface area contributed by atoms with Crippen molar-refractivity contribution < 1.29 is 14.3 Å². The van der Waals surface area contributed by atoms with E-state index in [0.29, 0.717) is 10.6 Å². The number of hydrogen-bond donors (Lipinski definition) is 0. The van der Waals surface area contributed by atoms with Crippen LogP contribution in [0.4, 0.5) is 0 Å². The summed E-state index contributed by atoms with van der Waals surface area (Å²) in [6.45, 7) is 11.1. The van der Waals surface area contributed by atoms with Crippen molar-refractivity contribution in [1.29, 1.82) is 0 Å². The summed E-state index contributed by atoms with van der Waals surface area (Å²) < 4.78 is 13.0. The highest BCUT2D eigenvalue weighted by Gasteiger charge is 2.26. The van der Waals surface area contributed by atoms with Gasteiger partial charge in [0.1, 0.15) is 0 Å². The number of carbonyl (C=O) groups is 1. The monoisotopic (exact) mass is 364 g/mol. The van der Waals surface area contributed by atoms with Gasteiger partial charge < -0.3 is 13.9 Å². The second-order valence-electron chi connectivity index (χ2n) is 6.77. The Hall–Kier alpha value is -1.56. The summed E-state index contributed by atoms with van der Waals surface area (Å²) >= 11 is 6.36. The summed E-state index contributed by atoms with van der Waals surface area (Å²) in [6, 6.07) is 3.84. The van der Waals surface area contributed by atoms with Crippen LogP contribution in [0.1, 0.15) is 48.4 Å². The van der Waals surface area contributed by atoms with Gasteiger partial charge in [-0.15, -0.1) is 0 Å². The van der Waals surface area contributed by atoms with Gasteiger partial charge in [-0.3, -0.25) is 4.90 Å². The Bertz CT molecular complexity index is 779. The second-order valence-corrected chi connectivity index (χ2v) is 7.17. The molecule has 1 aliphatic rings. The van der Waals surface area contributed by atoms with Gasteiger partial charge in [-0.25, -0.2) is 4.79 Å². The number of nitrogens with zero attached hydrogens (tertiary/aromatic N) is 2. The molecule has 0 saturated carbocycles. The minimum absolute atomic E-state index is 0.140. The number of pyridine rings is 1. The molecule has 0 spiro atoms. The zero-order valence-electron chi connectivity index (χ0n) is 15.2. The van der Waals surface area contributed by atoms with Gasteiger partial charge in [0.05, 0.1) is 35.4 Å². The van der Waals surface area contributed by atoms with Gasteiger partial charge in [0.15, 0.2) is 0 Å². The van der Waals surface area contributed by atoms with E-state index in [2.05, 4.69) is 16.2 Å². The Kier molecular flexibility index (Phi) is 5.37. The van der Waals surface area contributed by atoms with Gasteiger partial charge in [-0.05, 0) is 45.4 Å². The molecule has 1 fully saturated rings. The largest absolute Gasteiger partial charge is 0.459 e. The molecular formula is C19H25ClN2O3. The average molecular weight is 365 g/mol. The van der Waals surface area contributed by atoms with Gasteiger partial charge in [-0.2, -0.15) is 0 Å². The maximum atomic E-state index is 12.6. The van der Waals surface area contributed by atoms with Crippen LogP contribution in [-0.2, 0) is 9.47 Å². The lowest BCUT2D eigenvalue weighted by Gasteiger charge is -2.34. The number of esters is 1. The van der Waals surface area contributed by atoms with Crippen molar-refractivity contribution in [1.82, 2.24) is 9.30 Å². The first-order valence-corrected chi connectivity index (χ1v) is 9.10. The first-order chi connectivity index (χ1) is 11.9. The van der Waals surface area contributed by atoms with Gasteiger partial charge in [0.2, 0.25) is 0 Å². The molecule has 25 heavy (non-hydrogen) atoms. The van der Waals surface area contributed by atoms with Crippen molar-refractivity contribution in [2.75, 3.05) is 26.3 Å². The van der Waals surface area contributed by atoms with Crippen LogP contribution in [0.25, 0.3) is 5.52 Å². The summed E-state index contributed by atoms with van der Waals surface area (Å²) in [7, 11) is 0. The smallest absolute Gasteiger partial charge is 0.338 e. The van der Waals surface area contributed by atoms with Crippen LogP contribution in [0.5, 0.6) is 0 Å². The Labute approximate surface area is 153 Å². The molecule has 2 aromatic rings. The molecule has 5 nitrogen and oxygen atoms in total. The molecular weight excluding hydrogens is 340 g/mol. The van der Waals surface area contributed by atoms with Crippen molar-refractivity contribution in [2.24, 2.45) is 0 Å². The molecule has 1 atom stereocenters. The first kappa shape index (κ1) is 18.2. The van der Waals surface area contributed by atoms with Crippen molar-refractivity contribution >= 4 is 23.1 Å². The standard InChI is InChI=1S/C19H25ClN2O3/c1-12(2)25-19(23)15-11-17-16(20)5-6-22(17)18(13(15)3)14(4)21-7-9-24-10-8-21/h5-6,11-12,14H,7-10H2,1-4H3. The van der Waals surface area contributed by atoms with Crippen LogP contribution in [0, 0.1) is 6.92 Å². The highest BCUT2D eigenvalue weighted by Crippen LogP contribution is 2.31. The topological polar surface area (TPSA) is 43.2 Å². The van der Waals surface area contributed by atoms with Crippen molar-refractivity contribution in [2.45, 2.75) is 39.8 Å². The summed E-state index contributed by atoms with van der Waals surface area (Å²) in [5.41, 5.74) is 3.42. The molecule has 0 aromatic carbocycles. The van der Waals surface area contributed by atoms with E-state index in [1.807, 2.05) is 39.1 Å². The maximum Gasteiger partial charge on any atom is 0.338 e. The van der Waals surface area contributed by atoms with Crippen molar-refractivity contribution in [3.05, 3.63) is 40.2 Å². The fraction of sp³-hybridized carbons (Fsp3) is 0.526. The van der Waals surface area contributed by atoms with Gasteiger partial charge >= 0.3 is 5.97 Å². The predicted molar refractivity (Wildman–Crippen MR) is 98.5 cm³/mol. The Morgan fingerprint density at radius 2 is 1.96 bits per heavy atom. The number of morpholine rings is 1. The van der Waals surface area contributed by atoms with Gasteiger partial charge in [-0.1, -0.05) is 11.6 Å². The number of hydrogen-bond acceptors (Lipinski definition) is 4. The Balaban J connectivity index is 2.11. The second kappa shape index (κ2) is 7.36. The van der Waals surface area contributed by atoms with E-state index >= 15 is 0 Å². The number of ether oxygens (including phenoxy) is 2. The third kappa shape index (κ3) is 3.54. The van der Waals surface area contributed by atoms with Crippen molar-refractivity contribution in [3.63, 3.8) is 0 Å². The van der Waals surface area contributed by atoms with Crippen LogP contribution in [-0.4, -0.2) is 47.7 Å². The fourth-order valence-corrected chi connectivity index (χ4v) is 3.68. The van der Waals surface area contributed by atoms with Crippen LogP contribution >= 0.6 is 11.6 Å². The average Bonchev–Trinajstić information content (AvgIpc) is 2.94. The summed E-state index contributed by atoms with van der Waals surface area (Å²) in [5.74, 6) is -0.303. The Morgan fingerprint density at radius 3 is 2.60 bits per heavy atom. The number of fused-ring (bicyclic) bond motifs is 1. The summed E-state index contributed by atoms with van der Waals surface area (Å²) in [6.07, 6.45) is 1.81. The highest BCUT2D eigenvalue weighted by atomic mass is 35.5. The molecule has 1 unspecified atom stereocenters. The highest BCUT2D eigenvalue weighted by molar-refractivity contribution is 6.34. The molecule has 0 amide bonds. The fourth-order valence-electron chi connectivity index (χ4n) is 3.47.